The van der Waals surface area contributed by atoms with E-state index < -0.39 is 22.8 Å². The summed E-state index contributed by atoms with van der Waals surface area (Å²) in [6.45, 7) is 2.40. The molecule has 196 valence electrons. The number of ether oxygens (including phenoxy) is 1. The van der Waals surface area contributed by atoms with Gasteiger partial charge in [0.15, 0.2) is 11.6 Å². The highest BCUT2D eigenvalue weighted by atomic mass is 19.1. The molecule has 1 atom stereocenters. The third-order valence-corrected chi connectivity index (χ3v) is 7.19. The van der Waals surface area contributed by atoms with Gasteiger partial charge in [0.2, 0.25) is 5.43 Å². The van der Waals surface area contributed by atoms with Gasteiger partial charge >= 0.3 is 5.97 Å². The van der Waals surface area contributed by atoms with E-state index in [1.165, 1.54) is 13.3 Å². The Morgan fingerprint density at radius 2 is 1.84 bits per heavy atom. The predicted molar refractivity (Wildman–Crippen MR) is 147 cm³/mol. The van der Waals surface area contributed by atoms with Crippen LogP contribution in [0.1, 0.15) is 22.3 Å². The van der Waals surface area contributed by atoms with Crippen LogP contribution in [-0.4, -0.2) is 49.4 Å². The molecule has 0 radical (unpaired) electrons. The fourth-order valence-corrected chi connectivity index (χ4v) is 5.37. The second-order valence-electron chi connectivity index (χ2n) is 9.66. The van der Waals surface area contributed by atoms with Crippen molar-refractivity contribution in [2.45, 2.75) is 13.0 Å². The molecule has 38 heavy (non-hydrogen) atoms. The van der Waals surface area contributed by atoms with Gasteiger partial charge in [-0.15, -0.1) is 0 Å². The average Bonchev–Trinajstić information content (AvgIpc) is 3.38. The normalized spacial score (nSPS) is 15.2. The largest absolute Gasteiger partial charge is 0.492 e. The third-order valence-electron chi connectivity index (χ3n) is 7.19. The first-order valence-electron chi connectivity index (χ1n) is 12.6. The molecule has 0 unspecified atom stereocenters. The van der Waals surface area contributed by atoms with Crippen molar-refractivity contribution in [3.05, 3.63) is 94.0 Å². The molecular weight excluding hydrogens is 485 g/mol. The molecule has 0 bridgehead atoms. The second-order valence-corrected chi connectivity index (χ2v) is 9.66. The Hall–Kier alpha value is -4.17. The van der Waals surface area contributed by atoms with Gasteiger partial charge in [0.05, 0.1) is 18.0 Å². The highest BCUT2D eigenvalue weighted by Crippen LogP contribution is 2.40. The molecular formula is C30H30FN3O4. The number of carboxylic acid groups (broad SMARTS) is 1. The lowest BCUT2D eigenvalue weighted by molar-refractivity contribution is 0.0695. The molecule has 1 aromatic heterocycles. The minimum atomic E-state index is -1.36. The minimum Gasteiger partial charge on any atom is -0.492 e. The van der Waals surface area contributed by atoms with Crippen molar-refractivity contribution in [2.75, 3.05) is 38.7 Å². The van der Waals surface area contributed by atoms with Crippen LogP contribution >= 0.6 is 0 Å². The number of nitrogens with one attached hydrogen (secondary N) is 1. The van der Waals surface area contributed by atoms with Crippen molar-refractivity contribution < 1.29 is 19.0 Å². The van der Waals surface area contributed by atoms with Crippen LogP contribution in [0.2, 0.25) is 0 Å². The smallest absolute Gasteiger partial charge is 0.341 e. The Kier molecular flexibility index (Phi) is 7.15. The van der Waals surface area contributed by atoms with Gasteiger partial charge in [0, 0.05) is 25.8 Å². The van der Waals surface area contributed by atoms with Gasteiger partial charge in [-0.2, -0.15) is 0 Å². The Balaban J connectivity index is 1.63. The van der Waals surface area contributed by atoms with Gasteiger partial charge in [0.1, 0.15) is 11.3 Å². The molecule has 5 rings (SSSR count). The van der Waals surface area contributed by atoms with Crippen molar-refractivity contribution in [3.63, 3.8) is 0 Å². The molecule has 8 heteroatoms. The van der Waals surface area contributed by atoms with Crippen molar-refractivity contribution in [1.82, 2.24) is 9.88 Å². The zero-order valence-electron chi connectivity index (χ0n) is 21.4. The maximum absolute atomic E-state index is 15.6. The molecule has 4 aromatic rings. The van der Waals surface area contributed by atoms with Crippen LogP contribution in [0.3, 0.4) is 0 Å². The van der Waals surface area contributed by atoms with E-state index in [0.29, 0.717) is 30.2 Å². The maximum atomic E-state index is 15.6. The Morgan fingerprint density at radius 3 is 2.50 bits per heavy atom. The Labute approximate surface area is 220 Å². The minimum absolute atomic E-state index is 0.0186. The molecule has 0 spiro atoms. The van der Waals surface area contributed by atoms with Crippen molar-refractivity contribution >= 4 is 22.6 Å². The number of carboxylic acids is 1. The van der Waals surface area contributed by atoms with E-state index in [4.69, 9.17) is 4.74 Å². The molecule has 2 N–H and O–H groups in total. The van der Waals surface area contributed by atoms with E-state index in [1.54, 1.807) is 4.57 Å². The molecule has 3 aromatic carbocycles. The first-order chi connectivity index (χ1) is 18.4. The number of hydrogen-bond acceptors (Lipinski definition) is 5. The molecule has 0 aliphatic carbocycles. The Bertz CT molecular complexity index is 1530. The number of aromatic carboxylic acids is 1. The first kappa shape index (κ1) is 25.5. The third kappa shape index (κ3) is 4.75. The summed E-state index contributed by atoms with van der Waals surface area (Å²) in [5, 5.41) is 12.9. The molecule has 2 heterocycles. The van der Waals surface area contributed by atoms with E-state index in [9.17, 15) is 14.7 Å². The number of benzene rings is 3. The number of hydrogen-bond donors (Lipinski definition) is 2. The van der Waals surface area contributed by atoms with Crippen molar-refractivity contribution in [2.24, 2.45) is 5.92 Å². The van der Waals surface area contributed by atoms with E-state index in [2.05, 4.69) is 5.32 Å². The van der Waals surface area contributed by atoms with Crippen molar-refractivity contribution in [1.29, 1.82) is 0 Å². The molecule has 1 saturated heterocycles. The summed E-state index contributed by atoms with van der Waals surface area (Å²) >= 11 is 0. The summed E-state index contributed by atoms with van der Waals surface area (Å²) in [5.74, 6) is -1.36. The number of rotatable bonds is 8. The van der Waals surface area contributed by atoms with Crippen LogP contribution in [0.25, 0.3) is 22.0 Å². The molecule has 0 amide bonds. The number of anilines is 1. The SMILES string of the molecule is CNC[C@@H]1CCN(c2c(F)cc3c(=O)c(C(=O)O)cn(Cc4ccc(-c5ccccc5)cc4)c3c2OC)C1. The maximum Gasteiger partial charge on any atom is 0.341 e. The molecule has 1 aliphatic heterocycles. The van der Waals surface area contributed by atoms with Crippen LogP contribution in [0, 0.1) is 11.7 Å². The summed E-state index contributed by atoms with van der Waals surface area (Å²) in [7, 11) is 3.35. The van der Waals surface area contributed by atoms with E-state index >= 15 is 4.39 Å². The van der Waals surface area contributed by atoms with Gasteiger partial charge in [-0.05, 0) is 48.7 Å². The van der Waals surface area contributed by atoms with Crippen LogP contribution in [0.15, 0.2) is 71.7 Å². The van der Waals surface area contributed by atoms with Crippen molar-refractivity contribution in [3.8, 4) is 16.9 Å². The number of aromatic nitrogens is 1. The van der Waals surface area contributed by atoms with E-state index in [-0.39, 0.29) is 17.7 Å². The molecule has 1 aliphatic rings. The Morgan fingerprint density at radius 1 is 1.13 bits per heavy atom. The van der Waals surface area contributed by atoms with Gasteiger partial charge in [-0.25, -0.2) is 9.18 Å². The number of halogens is 1. The van der Waals surface area contributed by atoms with Gasteiger partial charge in [0.25, 0.3) is 0 Å². The number of nitrogens with zero attached hydrogens (tertiary/aromatic N) is 2. The first-order valence-corrected chi connectivity index (χ1v) is 12.6. The highest BCUT2D eigenvalue weighted by molar-refractivity contribution is 5.97. The number of pyridine rings is 1. The van der Waals surface area contributed by atoms with Crippen LogP contribution < -0.4 is 20.4 Å². The zero-order chi connectivity index (χ0) is 26.8. The van der Waals surface area contributed by atoms with Crippen LogP contribution in [0.5, 0.6) is 5.75 Å². The van der Waals surface area contributed by atoms with Gasteiger partial charge in [-0.3, -0.25) is 4.79 Å². The monoisotopic (exact) mass is 515 g/mol. The summed E-state index contributed by atoms with van der Waals surface area (Å²) in [5.41, 5.74) is 2.57. The fourth-order valence-electron chi connectivity index (χ4n) is 5.37. The van der Waals surface area contributed by atoms with Gasteiger partial charge < -0.3 is 24.6 Å². The predicted octanol–water partition coefficient (Wildman–Crippen LogP) is 4.61. The lowest BCUT2D eigenvalue weighted by Crippen LogP contribution is -2.26. The number of methoxy groups -OCH3 is 1. The number of carbonyl (C=O) groups is 1. The topological polar surface area (TPSA) is 83.8 Å². The molecule has 0 saturated carbocycles. The van der Waals surface area contributed by atoms with Gasteiger partial charge in [-0.1, -0.05) is 54.6 Å². The zero-order valence-corrected chi connectivity index (χ0v) is 21.4. The van der Waals surface area contributed by atoms with Crippen LogP contribution in [0.4, 0.5) is 10.1 Å². The number of fused-ring (bicyclic) bond motifs is 1. The molecule has 1 fully saturated rings. The quantitative estimate of drug-likeness (QED) is 0.357. The fraction of sp³-hybridized carbons (Fsp3) is 0.267. The summed E-state index contributed by atoms with van der Waals surface area (Å²) in [4.78, 5) is 27.0. The molecule has 7 nitrogen and oxygen atoms in total. The summed E-state index contributed by atoms with van der Waals surface area (Å²) < 4.78 is 23.0. The summed E-state index contributed by atoms with van der Waals surface area (Å²) in [6.07, 6.45) is 2.23. The van der Waals surface area contributed by atoms with Crippen LogP contribution in [-0.2, 0) is 6.54 Å². The average molecular weight is 516 g/mol. The lowest BCUT2D eigenvalue weighted by atomic mass is 10.0. The highest BCUT2D eigenvalue weighted by Gasteiger charge is 2.30. The van der Waals surface area contributed by atoms with E-state index in [0.717, 1.165) is 35.7 Å². The standard InChI is InChI=1S/C30H30FN3O4/c1-32-15-20-12-13-33(17-20)27-25(31)14-23-26(29(27)38-2)34(18-24(28(23)35)30(36)37)16-19-8-10-22(11-9-19)21-6-4-3-5-7-21/h3-11,14,18,20,32H,12-13,15-17H2,1-2H3,(H,36,37)/t20-/m0/s1. The lowest BCUT2D eigenvalue weighted by Gasteiger charge is -2.25. The second kappa shape index (κ2) is 10.7. The summed E-state index contributed by atoms with van der Waals surface area (Å²) in [6, 6.07) is 19.1. The van der Waals surface area contributed by atoms with E-state index in [1.807, 2.05) is 66.5 Å².